The number of hydrogen-bond donors (Lipinski definition) is 2. The lowest BCUT2D eigenvalue weighted by molar-refractivity contribution is -0.134. The summed E-state index contributed by atoms with van der Waals surface area (Å²) in [5, 5.41) is 8.74. The van der Waals surface area contributed by atoms with Gasteiger partial charge in [-0.25, -0.2) is 4.98 Å². The summed E-state index contributed by atoms with van der Waals surface area (Å²) in [7, 11) is 5.36. The molecule has 3 aromatic heterocycles. The van der Waals surface area contributed by atoms with Crippen LogP contribution in [0, 0.1) is 5.92 Å². The zero-order valence-corrected chi connectivity index (χ0v) is 23.5. The Bertz CT molecular complexity index is 1490. The van der Waals surface area contributed by atoms with Gasteiger partial charge in [-0.15, -0.1) is 23.7 Å². The van der Waals surface area contributed by atoms with E-state index in [1.165, 1.54) is 11.3 Å². The summed E-state index contributed by atoms with van der Waals surface area (Å²) in [6, 6.07) is 6.32. The molecule has 0 saturated heterocycles. The van der Waals surface area contributed by atoms with Gasteiger partial charge >= 0.3 is 0 Å². The first kappa shape index (κ1) is 27.8. The third-order valence-corrected chi connectivity index (χ3v) is 7.95. The number of carbonyl (C=O) groups excluding carboxylic acids is 3. The van der Waals surface area contributed by atoms with E-state index < -0.39 is 6.04 Å². The molecule has 0 spiro atoms. The molecule has 12 heteroatoms. The number of fused-ring (bicyclic) bond motifs is 2. The Kier molecular flexibility index (Phi) is 8.25. The highest BCUT2D eigenvalue weighted by Crippen LogP contribution is 2.28. The number of thiazole rings is 1. The van der Waals surface area contributed by atoms with Crippen molar-refractivity contribution in [3.05, 3.63) is 58.6 Å². The van der Waals surface area contributed by atoms with Gasteiger partial charge in [0.05, 0.1) is 16.3 Å². The lowest BCUT2D eigenvalue weighted by Crippen LogP contribution is -2.56. The molecule has 1 fully saturated rings. The van der Waals surface area contributed by atoms with E-state index in [4.69, 9.17) is 11.6 Å². The van der Waals surface area contributed by atoms with Crippen molar-refractivity contribution in [3.8, 4) is 0 Å². The molecule has 1 aromatic carbocycles. The van der Waals surface area contributed by atoms with E-state index >= 15 is 0 Å². The molecule has 1 aliphatic rings. The molecular weight excluding hydrogens is 547 g/mol. The third-order valence-electron chi connectivity index (χ3n) is 6.71. The van der Waals surface area contributed by atoms with E-state index in [2.05, 4.69) is 20.6 Å². The highest BCUT2D eigenvalue weighted by Gasteiger charge is 2.37. The van der Waals surface area contributed by atoms with Gasteiger partial charge in [0.1, 0.15) is 5.69 Å². The number of nitrogens with zero attached hydrogens (tertiary/aromatic N) is 4. The van der Waals surface area contributed by atoms with Crippen molar-refractivity contribution in [1.82, 2.24) is 30.1 Å². The fraction of sp³-hybridized carbons (Fsp3) is 0.346. The molecular formula is C26H28Cl2N6O3S. The van der Waals surface area contributed by atoms with Crippen LogP contribution in [0.5, 0.6) is 0 Å². The number of pyridine rings is 1. The molecule has 4 aromatic rings. The van der Waals surface area contributed by atoms with Crippen LogP contribution in [0.1, 0.15) is 39.6 Å². The van der Waals surface area contributed by atoms with Crippen LogP contribution < -0.4 is 10.6 Å². The van der Waals surface area contributed by atoms with Gasteiger partial charge in [-0.05, 0) is 42.8 Å². The molecule has 5 rings (SSSR count). The van der Waals surface area contributed by atoms with E-state index in [1.807, 2.05) is 30.1 Å². The van der Waals surface area contributed by atoms with Gasteiger partial charge in [0.25, 0.3) is 11.8 Å². The maximum absolute atomic E-state index is 13.2. The minimum absolute atomic E-state index is 0. The Morgan fingerprint density at radius 1 is 1.05 bits per heavy atom. The second kappa shape index (κ2) is 11.3. The van der Waals surface area contributed by atoms with E-state index in [9.17, 15) is 14.4 Å². The predicted molar refractivity (Wildman–Crippen MR) is 151 cm³/mol. The fourth-order valence-corrected chi connectivity index (χ4v) is 5.95. The molecule has 200 valence electrons. The average molecular weight is 576 g/mol. The van der Waals surface area contributed by atoms with Crippen molar-refractivity contribution in [2.45, 2.75) is 31.3 Å². The van der Waals surface area contributed by atoms with Gasteiger partial charge in [-0.2, -0.15) is 0 Å². The zero-order chi connectivity index (χ0) is 26.3. The quantitative estimate of drug-likeness (QED) is 0.374. The number of hydrogen-bond acceptors (Lipinski definition) is 6. The molecule has 2 N–H and O–H groups in total. The number of rotatable bonds is 5. The van der Waals surface area contributed by atoms with Crippen LogP contribution in [0.25, 0.3) is 21.0 Å². The molecule has 3 atom stereocenters. The first-order chi connectivity index (χ1) is 17.7. The van der Waals surface area contributed by atoms with E-state index in [1.54, 1.807) is 43.4 Å². The fourth-order valence-electron chi connectivity index (χ4n) is 4.84. The molecule has 1 aliphatic carbocycles. The van der Waals surface area contributed by atoms with Gasteiger partial charge in [-0.3, -0.25) is 19.4 Å². The van der Waals surface area contributed by atoms with Gasteiger partial charge in [0.15, 0.2) is 5.01 Å². The van der Waals surface area contributed by atoms with E-state index in [0.29, 0.717) is 29.3 Å². The Morgan fingerprint density at radius 3 is 2.55 bits per heavy atom. The minimum Gasteiger partial charge on any atom is -0.354 e. The Labute approximate surface area is 235 Å². The summed E-state index contributed by atoms with van der Waals surface area (Å²) < 4.78 is 2.82. The molecule has 0 radical (unpaired) electrons. The highest BCUT2D eigenvalue weighted by molar-refractivity contribution is 7.20. The molecule has 0 aliphatic heterocycles. The molecule has 3 amide bonds. The van der Waals surface area contributed by atoms with Gasteiger partial charge in [-0.1, -0.05) is 17.7 Å². The standard InChI is InChI=1S/C26H27ClN6O3S.ClH/c1-32(2)26(36)15-5-7-18(29-23(34)20-9-14-4-6-17(27)8-16(14)11-28-20)19(10-15)30-24(35)25-31-21-12-33(3)13-22(21)37-25;/h4,6,8-9,11-13,15,18-19H,5,7,10H2,1-3H3,(H,29,34)(H,30,35);1H/t15-,18-,19-;/m0./s1. The lowest BCUT2D eigenvalue weighted by atomic mass is 9.81. The summed E-state index contributed by atoms with van der Waals surface area (Å²) in [4.78, 5) is 49.4. The van der Waals surface area contributed by atoms with Crippen molar-refractivity contribution in [3.63, 3.8) is 0 Å². The summed E-state index contributed by atoms with van der Waals surface area (Å²) in [5.41, 5.74) is 1.04. The second-order valence-electron chi connectivity index (χ2n) is 9.66. The molecule has 9 nitrogen and oxygen atoms in total. The van der Waals surface area contributed by atoms with Gasteiger partial charge in [0.2, 0.25) is 5.91 Å². The predicted octanol–water partition coefficient (Wildman–Crippen LogP) is 4.04. The molecule has 38 heavy (non-hydrogen) atoms. The first-order valence-electron chi connectivity index (χ1n) is 12.0. The Hall–Kier alpha value is -3.21. The van der Waals surface area contributed by atoms with Crippen LogP contribution in [0.15, 0.2) is 42.9 Å². The molecule has 0 bridgehead atoms. The second-order valence-corrected chi connectivity index (χ2v) is 11.1. The summed E-state index contributed by atoms with van der Waals surface area (Å²) in [5.74, 6) is -0.876. The normalized spacial score (nSPS) is 19.1. The van der Waals surface area contributed by atoms with Crippen LogP contribution in [0.4, 0.5) is 0 Å². The third kappa shape index (κ3) is 5.77. The van der Waals surface area contributed by atoms with Crippen molar-refractivity contribution in [1.29, 1.82) is 0 Å². The SMILES string of the molecule is CN(C)C(=O)[C@H]1CC[C@H](NC(=O)c2cc3ccc(Cl)cc3cn2)[C@@H](NC(=O)c2nc3cn(C)cc3s2)C1.Cl. The number of carbonyl (C=O) groups is 3. The Balaban J connectivity index is 0.00000336. The monoisotopic (exact) mass is 574 g/mol. The van der Waals surface area contributed by atoms with Crippen molar-refractivity contribution >= 4 is 74.1 Å². The van der Waals surface area contributed by atoms with Crippen molar-refractivity contribution in [2.24, 2.45) is 13.0 Å². The summed E-state index contributed by atoms with van der Waals surface area (Å²) in [6.07, 6.45) is 6.98. The maximum atomic E-state index is 13.2. The topological polar surface area (TPSA) is 109 Å². The van der Waals surface area contributed by atoms with Crippen molar-refractivity contribution < 1.29 is 14.4 Å². The number of aromatic nitrogens is 3. The number of aryl methyl sites for hydroxylation is 1. The van der Waals surface area contributed by atoms with Gasteiger partial charge in [0, 0.05) is 62.1 Å². The average Bonchev–Trinajstić information content (AvgIpc) is 3.41. The maximum Gasteiger partial charge on any atom is 0.280 e. The van der Waals surface area contributed by atoms with Gasteiger partial charge < -0.3 is 20.1 Å². The van der Waals surface area contributed by atoms with Crippen LogP contribution in [-0.4, -0.2) is 63.3 Å². The zero-order valence-electron chi connectivity index (χ0n) is 21.1. The first-order valence-corrected chi connectivity index (χ1v) is 13.2. The van der Waals surface area contributed by atoms with E-state index in [-0.39, 0.29) is 47.8 Å². The Morgan fingerprint density at radius 2 is 1.82 bits per heavy atom. The lowest BCUT2D eigenvalue weighted by Gasteiger charge is -2.37. The van der Waals surface area contributed by atoms with Crippen molar-refractivity contribution in [2.75, 3.05) is 14.1 Å². The number of amides is 3. The molecule has 1 saturated carbocycles. The summed E-state index contributed by atoms with van der Waals surface area (Å²) >= 11 is 7.37. The summed E-state index contributed by atoms with van der Waals surface area (Å²) in [6.45, 7) is 0. The number of nitrogens with one attached hydrogen (secondary N) is 2. The van der Waals surface area contributed by atoms with Crippen LogP contribution >= 0.6 is 35.3 Å². The van der Waals surface area contributed by atoms with E-state index in [0.717, 1.165) is 21.0 Å². The number of halogens is 2. The van der Waals surface area contributed by atoms with Crippen LogP contribution in [0.2, 0.25) is 5.02 Å². The van der Waals surface area contributed by atoms with Crippen LogP contribution in [-0.2, 0) is 11.8 Å². The largest absolute Gasteiger partial charge is 0.354 e. The highest BCUT2D eigenvalue weighted by atomic mass is 35.5. The minimum atomic E-state index is -0.437. The smallest absolute Gasteiger partial charge is 0.280 e. The molecule has 0 unspecified atom stereocenters. The number of benzene rings is 1. The molecule has 3 heterocycles. The van der Waals surface area contributed by atoms with Crippen LogP contribution in [0.3, 0.4) is 0 Å².